The van der Waals surface area contributed by atoms with Crippen molar-refractivity contribution in [1.82, 2.24) is 4.90 Å². The average Bonchev–Trinajstić information content (AvgIpc) is 3.10. The van der Waals surface area contributed by atoms with Crippen molar-refractivity contribution >= 4 is 18.0 Å². The Balaban J connectivity index is 1.11. The normalized spacial score (nSPS) is 13.0. The Morgan fingerprint density at radius 3 is 2.04 bits per heavy atom. The zero-order valence-electron chi connectivity index (χ0n) is 25.4. The fourth-order valence-corrected chi connectivity index (χ4v) is 5.09. The number of amides is 1. The first kappa shape index (κ1) is 31.9. The van der Waals surface area contributed by atoms with E-state index in [1.807, 2.05) is 42.5 Å². The molecule has 1 fully saturated rings. The summed E-state index contributed by atoms with van der Waals surface area (Å²) in [5, 5.41) is 8.87. The molecule has 1 aliphatic heterocycles. The summed E-state index contributed by atoms with van der Waals surface area (Å²) in [6.45, 7) is 1.40. The Kier molecular flexibility index (Phi) is 10.7. The van der Waals surface area contributed by atoms with E-state index in [0.717, 1.165) is 11.1 Å². The molecular weight excluding hydrogens is 590 g/mol. The van der Waals surface area contributed by atoms with Gasteiger partial charge < -0.3 is 33.7 Å². The first-order chi connectivity index (χ1) is 22.4. The number of carbonyl (C=O) groups is 3. The second-order valence-electron chi connectivity index (χ2n) is 10.6. The van der Waals surface area contributed by atoms with E-state index in [4.69, 9.17) is 28.8 Å². The van der Waals surface area contributed by atoms with Gasteiger partial charge in [0, 0.05) is 25.9 Å². The zero-order chi connectivity index (χ0) is 32.3. The number of hydrogen-bond donors (Lipinski definition) is 1. The minimum atomic E-state index is -1.33. The molecule has 46 heavy (non-hydrogen) atoms. The molecule has 1 aliphatic rings. The van der Waals surface area contributed by atoms with Gasteiger partial charge in [-0.05, 0) is 59.2 Å². The second-order valence-corrected chi connectivity index (χ2v) is 10.6. The van der Waals surface area contributed by atoms with Crippen LogP contribution in [0.3, 0.4) is 0 Å². The molecule has 1 amide bonds. The minimum Gasteiger partial charge on any atom is -0.490 e. The molecule has 10 heteroatoms. The molecule has 0 aliphatic carbocycles. The number of piperidine rings is 1. The molecule has 238 valence electrons. The maximum absolute atomic E-state index is 13.4. The van der Waals surface area contributed by atoms with Crippen LogP contribution in [-0.4, -0.2) is 67.6 Å². The molecule has 1 heterocycles. The zero-order valence-corrected chi connectivity index (χ0v) is 25.4. The van der Waals surface area contributed by atoms with E-state index in [1.54, 1.807) is 11.0 Å². The SMILES string of the molecule is COC(=O)c1ccc(OCCOc2ccc(OCc3ccc(-c4ccccc4)cc3)cc2)c(C(=O)N2CCC(OC(=O)O)CC2)c1. The van der Waals surface area contributed by atoms with E-state index in [9.17, 15) is 14.4 Å². The van der Waals surface area contributed by atoms with Gasteiger partial charge in [-0.25, -0.2) is 9.59 Å². The van der Waals surface area contributed by atoms with Gasteiger partial charge in [0.1, 0.15) is 43.2 Å². The van der Waals surface area contributed by atoms with Gasteiger partial charge in [-0.3, -0.25) is 4.79 Å². The van der Waals surface area contributed by atoms with Crippen molar-refractivity contribution in [2.75, 3.05) is 33.4 Å². The highest BCUT2D eigenvalue weighted by Gasteiger charge is 2.28. The quantitative estimate of drug-likeness (QED) is 0.139. The van der Waals surface area contributed by atoms with Gasteiger partial charge in [0.25, 0.3) is 5.91 Å². The number of nitrogens with zero attached hydrogens (tertiary/aromatic N) is 1. The van der Waals surface area contributed by atoms with Crippen LogP contribution in [0.25, 0.3) is 11.1 Å². The largest absolute Gasteiger partial charge is 0.506 e. The Labute approximate surface area is 267 Å². The molecule has 0 atom stereocenters. The molecule has 0 saturated carbocycles. The summed E-state index contributed by atoms with van der Waals surface area (Å²) in [4.78, 5) is 38.0. The van der Waals surface area contributed by atoms with Crippen LogP contribution in [0.1, 0.15) is 39.1 Å². The summed E-state index contributed by atoms with van der Waals surface area (Å²) < 4.78 is 27.3. The van der Waals surface area contributed by atoms with Gasteiger partial charge in [-0.2, -0.15) is 0 Å². The average molecular weight is 626 g/mol. The van der Waals surface area contributed by atoms with Gasteiger partial charge in [0.05, 0.1) is 18.2 Å². The Morgan fingerprint density at radius 1 is 0.761 bits per heavy atom. The molecule has 1 N–H and O–H groups in total. The van der Waals surface area contributed by atoms with Crippen molar-refractivity contribution in [3.63, 3.8) is 0 Å². The summed E-state index contributed by atoms with van der Waals surface area (Å²) in [5.74, 6) is 0.727. The van der Waals surface area contributed by atoms with E-state index in [2.05, 4.69) is 36.4 Å². The molecule has 0 spiro atoms. The first-order valence-corrected chi connectivity index (χ1v) is 14.9. The number of rotatable bonds is 12. The molecule has 5 rings (SSSR count). The third kappa shape index (κ3) is 8.56. The predicted octanol–water partition coefficient (Wildman–Crippen LogP) is 6.48. The molecule has 4 aromatic rings. The third-order valence-electron chi connectivity index (χ3n) is 7.53. The molecule has 0 bridgehead atoms. The maximum Gasteiger partial charge on any atom is 0.506 e. The number of benzene rings is 4. The summed E-state index contributed by atoms with van der Waals surface area (Å²) in [7, 11) is 1.27. The van der Waals surface area contributed by atoms with Gasteiger partial charge in [0.15, 0.2) is 0 Å². The minimum absolute atomic E-state index is 0.142. The van der Waals surface area contributed by atoms with E-state index in [-0.39, 0.29) is 30.2 Å². The number of methoxy groups -OCH3 is 1. The van der Waals surface area contributed by atoms with Crippen molar-refractivity contribution in [2.45, 2.75) is 25.6 Å². The smallest absolute Gasteiger partial charge is 0.490 e. The van der Waals surface area contributed by atoms with E-state index in [1.165, 1.54) is 24.8 Å². The summed E-state index contributed by atoms with van der Waals surface area (Å²) in [5.41, 5.74) is 3.80. The summed E-state index contributed by atoms with van der Waals surface area (Å²) in [6.07, 6.45) is -1.04. The second kappa shape index (κ2) is 15.5. The fraction of sp³-hybridized carbons (Fsp3) is 0.250. The van der Waals surface area contributed by atoms with Gasteiger partial charge in [-0.1, -0.05) is 54.6 Å². The topological polar surface area (TPSA) is 121 Å². The van der Waals surface area contributed by atoms with Crippen molar-refractivity contribution < 1.29 is 43.2 Å². The number of likely N-dealkylation sites (tertiary alicyclic amines) is 1. The molecule has 1 saturated heterocycles. The molecule has 10 nitrogen and oxygen atoms in total. The van der Waals surface area contributed by atoms with Crippen LogP contribution >= 0.6 is 0 Å². The molecule has 0 aromatic heterocycles. The molecule has 4 aromatic carbocycles. The van der Waals surface area contributed by atoms with Crippen molar-refractivity contribution in [2.24, 2.45) is 0 Å². The first-order valence-electron chi connectivity index (χ1n) is 14.9. The number of hydrogen-bond acceptors (Lipinski definition) is 8. The Hall–Kier alpha value is -5.51. The Bertz CT molecular complexity index is 1610. The predicted molar refractivity (Wildman–Crippen MR) is 169 cm³/mol. The van der Waals surface area contributed by atoms with Crippen LogP contribution < -0.4 is 14.2 Å². The standard InChI is InChI=1S/C36H35NO9/c1-42-35(39)28-11-16-33(32(23-28)34(38)37-19-17-31(18-20-37)46-36(40)41)44-22-21-43-29-12-14-30(15-13-29)45-24-25-7-9-27(10-8-25)26-5-3-2-4-6-26/h2-16,23,31H,17-22,24H2,1H3,(H,40,41). The van der Waals surface area contributed by atoms with Gasteiger partial charge in [-0.15, -0.1) is 0 Å². The fourth-order valence-electron chi connectivity index (χ4n) is 5.09. The molecular formula is C36H35NO9. The third-order valence-corrected chi connectivity index (χ3v) is 7.53. The summed E-state index contributed by atoms with van der Waals surface area (Å²) >= 11 is 0. The molecule has 0 radical (unpaired) electrons. The lowest BCUT2D eigenvalue weighted by atomic mass is 10.0. The number of ether oxygens (including phenoxy) is 5. The van der Waals surface area contributed by atoms with E-state index in [0.29, 0.717) is 49.8 Å². The van der Waals surface area contributed by atoms with Crippen LogP contribution in [0.2, 0.25) is 0 Å². The highest BCUT2D eigenvalue weighted by Crippen LogP contribution is 2.26. The lowest BCUT2D eigenvalue weighted by Gasteiger charge is -2.31. The van der Waals surface area contributed by atoms with Crippen molar-refractivity contribution in [3.05, 3.63) is 114 Å². The highest BCUT2D eigenvalue weighted by atomic mass is 16.7. The molecule has 0 unspecified atom stereocenters. The number of esters is 1. The van der Waals surface area contributed by atoms with Crippen LogP contribution in [0.15, 0.2) is 97.1 Å². The van der Waals surface area contributed by atoms with Crippen molar-refractivity contribution in [1.29, 1.82) is 0 Å². The van der Waals surface area contributed by atoms with Gasteiger partial charge in [0.2, 0.25) is 0 Å². The maximum atomic E-state index is 13.4. The van der Waals surface area contributed by atoms with E-state index >= 15 is 0 Å². The lowest BCUT2D eigenvalue weighted by molar-refractivity contribution is 0.0198. The Morgan fingerprint density at radius 2 is 1.39 bits per heavy atom. The van der Waals surface area contributed by atoms with Crippen LogP contribution in [-0.2, 0) is 16.1 Å². The number of carboxylic acid groups (broad SMARTS) is 1. The van der Waals surface area contributed by atoms with E-state index < -0.39 is 18.2 Å². The van der Waals surface area contributed by atoms with Gasteiger partial charge >= 0.3 is 12.1 Å². The van der Waals surface area contributed by atoms with Crippen molar-refractivity contribution in [3.8, 4) is 28.4 Å². The number of carbonyl (C=O) groups excluding carboxylic acids is 2. The van der Waals surface area contributed by atoms with Crippen LogP contribution in [0, 0.1) is 0 Å². The summed E-state index contributed by atoms with van der Waals surface area (Å²) in [6, 6.07) is 30.3. The lowest BCUT2D eigenvalue weighted by Crippen LogP contribution is -2.41. The monoisotopic (exact) mass is 625 g/mol. The van der Waals surface area contributed by atoms with Crippen LogP contribution in [0.5, 0.6) is 17.2 Å². The van der Waals surface area contributed by atoms with Crippen LogP contribution in [0.4, 0.5) is 4.79 Å². The highest BCUT2D eigenvalue weighted by molar-refractivity contribution is 6.00.